The van der Waals surface area contributed by atoms with E-state index in [2.05, 4.69) is 4.90 Å². The predicted molar refractivity (Wildman–Crippen MR) is 68.7 cm³/mol. The number of fused-ring (bicyclic) bond motifs is 1. The largest absolute Gasteiger partial charge is 0.478 e. The summed E-state index contributed by atoms with van der Waals surface area (Å²) in [6, 6.07) is 5.31. The van der Waals surface area contributed by atoms with Crippen molar-refractivity contribution in [1.29, 1.82) is 0 Å². The summed E-state index contributed by atoms with van der Waals surface area (Å²) in [6.45, 7) is 5.79. The molecular weight excluding hydrogens is 230 g/mol. The van der Waals surface area contributed by atoms with Crippen LogP contribution in [0, 0.1) is 0 Å². The van der Waals surface area contributed by atoms with E-state index in [4.69, 9.17) is 5.11 Å². The highest BCUT2D eigenvalue weighted by Gasteiger charge is 2.23. The monoisotopic (exact) mass is 249 g/mol. The molecule has 4 heteroatoms. The molecule has 0 atom stereocenters. The fourth-order valence-corrected chi connectivity index (χ4v) is 2.43. The number of β-amino-alcohol motifs (C(OH)–C–C–N with tert-alkyl or cyclic N) is 1. The van der Waals surface area contributed by atoms with Crippen molar-refractivity contribution in [3.05, 3.63) is 34.9 Å². The first-order valence-electron chi connectivity index (χ1n) is 6.15. The van der Waals surface area contributed by atoms with Gasteiger partial charge in [0.2, 0.25) is 0 Å². The zero-order valence-corrected chi connectivity index (χ0v) is 10.8. The Kier molecular flexibility index (Phi) is 3.41. The lowest BCUT2D eigenvalue weighted by atomic mass is 9.96. The van der Waals surface area contributed by atoms with E-state index in [1.54, 1.807) is 26.0 Å². The van der Waals surface area contributed by atoms with Crippen LogP contribution in [0.25, 0.3) is 0 Å². The molecule has 2 rings (SSSR count). The highest BCUT2D eigenvalue weighted by atomic mass is 16.4. The van der Waals surface area contributed by atoms with E-state index in [0.717, 1.165) is 18.5 Å². The van der Waals surface area contributed by atoms with Crippen molar-refractivity contribution >= 4 is 5.97 Å². The fourth-order valence-electron chi connectivity index (χ4n) is 2.43. The van der Waals surface area contributed by atoms with Crippen LogP contribution < -0.4 is 0 Å². The number of carboxylic acids is 1. The molecule has 18 heavy (non-hydrogen) atoms. The van der Waals surface area contributed by atoms with E-state index >= 15 is 0 Å². The number of aromatic carboxylic acids is 1. The van der Waals surface area contributed by atoms with Gasteiger partial charge >= 0.3 is 5.97 Å². The second-order valence-electron chi connectivity index (χ2n) is 5.56. The molecule has 1 aromatic rings. The summed E-state index contributed by atoms with van der Waals surface area (Å²) in [6.07, 6.45) is 0.908. The summed E-state index contributed by atoms with van der Waals surface area (Å²) in [5, 5.41) is 18.8. The molecule has 0 aromatic heterocycles. The maximum Gasteiger partial charge on any atom is 0.335 e. The van der Waals surface area contributed by atoms with Gasteiger partial charge in [0.25, 0.3) is 0 Å². The number of hydrogen-bond acceptors (Lipinski definition) is 3. The van der Waals surface area contributed by atoms with Gasteiger partial charge in [0.1, 0.15) is 0 Å². The van der Waals surface area contributed by atoms with Gasteiger partial charge in [-0.15, -0.1) is 0 Å². The quantitative estimate of drug-likeness (QED) is 0.852. The highest BCUT2D eigenvalue weighted by Crippen LogP contribution is 2.21. The molecule has 0 fully saturated rings. The summed E-state index contributed by atoms with van der Waals surface area (Å²) < 4.78 is 0. The molecular formula is C14H19NO3. The SMILES string of the molecule is CC(C)(O)CN1CCc2ccc(C(=O)O)cc2C1. The van der Waals surface area contributed by atoms with Crippen LogP contribution >= 0.6 is 0 Å². The topological polar surface area (TPSA) is 60.8 Å². The zero-order chi connectivity index (χ0) is 13.3. The van der Waals surface area contributed by atoms with Gasteiger partial charge in [0.15, 0.2) is 0 Å². The molecule has 0 bridgehead atoms. The van der Waals surface area contributed by atoms with E-state index in [1.165, 1.54) is 5.56 Å². The Morgan fingerprint density at radius 1 is 1.39 bits per heavy atom. The number of nitrogens with zero attached hydrogens (tertiary/aromatic N) is 1. The number of benzene rings is 1. The molecule has 4 nitrogen and oxygen atoms in total. The molecule has 1 aliphatic heterocycles. The highest BCUT2D eigenvalue weighted by molar-refractivity contribution is 5.87. The third kappa shape index (κ3) is 3.09. The third-order valence-corrected chi connectivity index (χ3v) is 3.16. The summed E-state index contributed by atoms with van der Waals surface area (Å²) in [4.78, 5) is 13.1. The first-order valence-corrected chi connectivity index (χ1v) is 6.15. The lowest BCUT2D eigenvalue weighted by Crippen LogP contribution is -2.41. The van der Waals surface area contributed by atoms with Crippen LogP contribution in [0.15, 0.2) is 18.2 Å². The predicted octanol–water partition coefficient (Wildman–Crippen LogP) is 1.51. The minimum Gasteiger partial charge on any atom is -0.478 e. The van der Waals surface area contributed by atoms with Crippen LogP contribution in [0.3, 0.4) is 0 Å². The smallest absolute Gasteiger partial charge is 0.335 e. The second kappa shape index (κ2) is 4.71. The Labute approximate surface area is 107 Å². The summed E-state index contributed by atoms with van der Waals surface area (Å²) >= 11 is 0. The molecule has 0 unspecified atom stereocenters. The molecule has 0 saturated carbocycles. The average Bonchev–Trinajstić information content (AvgIpc) is 2.25. The van der Waals surface area contributed by atoms with Crippen LogP contribution in [0.2, 0.25) is 0 Å². The van der Waals surface area contributed by atoms with Gasteiger partial charge in [-0.05, 0) is 43.5 Å². The number of carboxylic acid groups (broad SMARTS) is 1. The number of rotatable bonds is 3. The van der Waals surface area contributed by atoms with Gasteiger partial charge in [-0.3, -0.25) is 4.90 Å². The molecule has 0 radical (unpaired) electrons. The van der Waals surface area contributed by atoms with Crippen LogP contribution in [0.4, 0.5) is 0 Å². The first kappa shape index (κ1) is 13.1. The molecule has 98 valence electrons. The molecule has 0 aliphatic carbocycles. The van der Waals surface area contributed by atoms with E-state index in [1.807, 2.05) is 6.07 Å². The zero-order valence-electron chi connectivity index (χ0n) is 10.8. The van der Waals surface area contributed by atoms with Crippen LogP contribution in [0.1, 0.15) is 35.3 Å². The molecule has 1 heterocycles. The van der Waals surface area contributed by atoms with Gasteiger partial charge in [0.05, 0.1) is 11.2 Å². The summed E-state index contributed by atoms with van der Waals surface area (Å²) in [7, 11) is 0. The minimum absolute atomic E-state index is 0.332. The Bertz CT molecular complexity index is 463. The molecule has 0 amide bonds. The Morgan fingerprint density at radius 2 is 2.11 bits per heavy atom. The Balaban J connectivity index is 2.17. The maximum atomic E-state index is 10.9. The summed E-state index contributed by atoms with van der Waals surface area (Å²) in [5.41, 5.74) is 1.89. The van der Waals surface area contributed by atoms with Crippen molar-refractivity contribution in [2.24, 2.45) is 0 Å². The van der Waals surface area contributed by atoms with Crippen molar-refractivity contribution in [3.8, 4) is 0 Å². The molecule has 2 N–H and O–H groups in total. The van der Waals surface area contributed by atoms with E-state index in [0.29, 0.717) is 18.7 Å². The lowest BCUT2D eigenvalue weighted by molar-refractivity contribution is 0.0317. The lowest BCUT2D eigenvalue weighted by Gasteiger charge is -2.33. The van der Waals surface area contributed by atoms with E-state index < -0.39 is 11.6 Å². The Morgan fingerprint density at radius 3 is 2.72 bits per heavy atom. The van der Waals surface area contributed by atoms with Gasteiger partial charge in [0, 0.05) is 19.6 Å². The molecule has 0 saturated heterocycles. The van der Waals surface area contributed by atoms with Gasteiger partial charge < -0.3 is 10.2 Å². The maximum absolute atomic E-state index is 10.9. The van der Waals surface area contributed by atoms with Crippen molar-refractivity contribution in [3.63, 3.8) is 0 Å². The van der Waals surface area contributed by atoms with Gasteiger partial charge in [-0.2, -0.15) is 0 Å². The summed E-state index contributed by atoms with van der Waals surface area (Å²) in [5.74, 6) is -0.891. The van der Waals surface area contributed by atoms with Crippen molar-refractivity contribution in [1.82, 2.24) is 4.90 Å². The van der Waals surface area contributed by atoms with Crippen molar-refractivity contribution in [2.45, 2.75) is 32.4 Å². The number of carbonyl (C=O) groups is 1. The number of aliphatic hydroxyl groups is 1. The van der Waals surface area contributed by atoms with E-state index in [-0.39, 0.29) is 0 Å². The molecule has 1 aliphatic rings. The third-order valence-electron chi connectivity index (χ3n) is 3.16. The van der Waals surface area contributed by atoms with Crippen LogP contribution in [-0.2, 0) is 13.0 Å². The Hall–Kier alpha value is -1.39. The standard InChI is InChI=1S/C14H19NO3/c1-14(2,18)9-15-6-5-10-3-4-11(13(16)17)7-12(10)8-15/h3-4,7,18H,5-6,8-9H2,1-2H3,(H,16,17). The normalized spacial score (nSPS) is 16.4. The molecule has 1 aromatic carbocycles. The van der Waals surface area contributed by atoms with Crippen LogP contribution in [0.5, 0.6) is 0 Å². The van der Waals surface area contributed by atoms with E-state index in [9.17, 15) is 9.90 Å². The van der Waals surface area contributed by atoms with Crippen molar-refractivity contribution in [2.75, 3.05) is 13.1 Å². The van der Waals surface area contributed by atoms with Gasteiger partial charge in [-0.1, -0.05) is 6.07 Å². The second-order valence-corrected chi connectivity index (χ2v) is 5.56. The van der Waals surface area contributed by atoms with Gasteiger partial charge in [-0.25, -0.2) is 4.79 Å². The molecule has 0 spiro atoms. The minimum atomic E-state index is -0.891. The number of hydrogen-bond donors (Lipinski definition) is 2. The van der Waals surface area contributed by atoms with Crippen LogP contribution in [-0.4, -0.2) is 39.8 Å². The van der Waals surface area contributed by atoms with Crippen molar-refractivity contribution < 1.29 is 15.0 Å². The fraction of sp³-hybridized carbons (Fsp3) is 0.500. The first-order chi connectivity index (χ1) is 8.35. The average molecular weight is 249 g/mol.